The summed E-state index contributed by atoms with van der Waals surface area (Å²) < 4.78 is 11.2. The van der Waals surface area contributed by atoms with Gasteiger partial charge in [-0.2, -0.15) is 0 Å². The van der Waals surface area contributed by atoms with Crippen molar-refractivity contribution in [2.45, 2.75) is 20.0 Å². The number of oxazole rings is 2. The van der Waals surface area contributed by atoms with Crippen LogP contribution in [-0.4, -0.2) is 23.0 Å². The smallest absolute Gasteiger partial charge is 0.226 e. The van der Waals surface area contributed by atoms with Crippen molar-refractivity contribution >= 4 is 29.9 Å². The minimum atomic E-state index is 0. The number of aryl methyl sites for hydroxylation is 1. The fraction of sp³-hybridized carbons (Fsp3) is 0.174. The van der Waals surface area contributed by atoms with Crippen molar-refractivity contribution in [3.63, 3.8) is 0 Å². The van der Waals surface area contributed by atoms with Gasteiger partial charge in [-0.3, -0.25) is 4.99 Å². The largest absolute Gasteiger partial charge is 0.444 e. The number of benzene rings is 2. The van der Waals surface area contributed by atoms with Gasteiger partial charge in [-0.15, -0.1) is 24.0 Å². The molecule has 0 fully saturated rings. The van der Waals surface area contributed by atoms with Crippen molar-refractivity contribution in [3.05, 3.63) is 84.1 Å². The number of rotatable bonds is 6. The van der Waals surface area contributed by atoms with E-state index in [1.54, 1.807) is 19.6 Å². The first-order chi connectivity index (χ1) is 14.7. The third-order valence-electron chi connectivity index (χ3n) is 4.52. The minimum Gasteiger partial charge on any atom is -0.444 e. The quantitative estimate of drug-likeness (QED) is 0.212. The van der Waals surface area contributed by atoms with Crippen LogP contribution in [0.2, 0.25) is 0 Å². The Morgan fingerprint density at radius 3 is 1.84 bits per heavy atom. The van der Waals surface area contributed by atoms with Gasteiger partial charge in [-0.25, -0.2) is 9.97 Å². The van der Waals surface area contributed by atoms with Gasteiger partial charge in [0.1, 0.15) is 12.5 Å². The Hall–Kier alpha value is -3.14. The number of nitrogens with one attached hydrogen (secondary N) is 2. The normalized spacial score (nSPS) is 11.1. The highest BCUT2D eigenvalue weighted by atomic mass is 127. The third kappa shape index (κ3) is 5.94. The third-order valence-corrected chi connectivity index (χ3v) is 4.52. The summed E-state index contributed by atoms with van der Waals surface area (Å²) in [7, 11) is 1.72. The van der Waals surface area contributed by atoms with Crippen LogP contribution >= 0.6 is 24.0 Å². The topological polar surface area (TPSA) is 88.5 Å². The zero-order valence-corrected chi connectivity index (χ0v) is 19.7. The summed E-state index contributed by atoms with van der Waals surface area (Å²) in [4.78, 5) is 13.3. The first kappa shape index (κ1) is 22.5. The molecule has 2 N–H and O–H groups in total. The van der Waals surface area contributed by atoms with Gasteiger partial charge >= 0.3 is 0 Å². The summed E-state index contributed by atoms with van der Waals surface area (Å²) >= 11 is 0. The molecule has 4 aromatic rings. The lowest BCUT2D eigenvalue weighted by Crippen LogP contribution is -2.36. The molecule has 0 aliphatic heterocycles. The Kier molecular flexibility index (Phi) is 7.82. The maximum Gasteiger partial charge on any atom is 0.226 e. The van der Waals surface area contributed by atoms with Crippen LogP contribution in [0.25, 0.3) is 22.9 Å². The van der Waals surface area contributed by atoms with Crippen LogP contribution in [0.4, 0.5) is 0 Å². The second kappa shape index (κ2) is 10.8. The van der Waals surface area contributed by atoms with Gasteiger partial charge in [0, 0.05) is 18.2 Å². The lowest BCUT2D eigenvalue weighted by Gasteiger charge is -2.09. The Balaban J connectivity index is 0.00000272. The first-order valence-corrected chi connectivity index (χ1v) is 9.67. The number of nitrogens with zero attached hydrogens (tertiary/aromatic N) is 3. The van der Waals surface area contributed by atoms with Gasteiger partial charge < -0.3 is 19.5 Å². The zero-order chi connectivity index (χ0) is 20.8. The molecule has 0 radical (unpaired) electrons. The summed E-state index contributed by atoms with van der Waals surface area (Å²) in [5.74, 6) is 1.84. The van der Waals surface area contributed by atoms with Crippen molar-refractivity contribution < 1.29 is 8.83 Å². The van der Waals surface area contributed by atoms with Crippen LogP contribution in [-0.2, 0) is 13.1 Å². The zero-order valence-electron chi connectivity index (χ0n) is 17.3. The molecule has 2 aromatic heterocycles. The predicted octanol–water partition coefficient (Wildman–Crippen LogP) is 4.79. The Morgan fingerprint density at radius 2 is 1.32 bits per heavy atom. The standard InChI is InChI=1S/C23H23N5O2.HI/c1-16-8-10-18(11-9-16)22-28-20(15-30-22)13-26-23(24-2)25-12-19-14-29-21(27-19)17-6-4-3-5-7-17;/h3-11,14-15H,12-13H2,1-2H3,(H2,24,25,26);1H. The van der Waals surface area contributed by atoms with Gasteiger partial charge in [0.05, 0.1) is 24.5 Å². The van der Waals surface area contributed by atoms with Crippen molar-refractivity contribution in [2.24, 2.45) is 4.99 Å². The summed E-state index contributed by atoms with van der Waals surface area (Å²) in [6.07, 6.45) is 3.30. The Morgan fingerprint density at radius 1 is 0.806 bits per heavy atom. The first-order valence-electron chi connectivity index (χ1n) is 9.67. The molecule has 7 nitrogen and oxygen atoms in total. The van der Waals surface area contributed by atoms with Crippen molar-refractivity contribution in [1.29, 1.82) is 0 Å². The molecule has 0 amide bonds. The molecule has 0 unspecified atom stereocenters. The van der Waals surface area contributed by atoms with Crippen molar-refractivity contribution in [3.8, 4) is 22.9 Å². The second-order valence-corrected chi connectivity index (χ2v) is 6.80. The molecule has 0 bridgehead atoms. The van der Waals surface area contributed by atoms with Gasteiger partial charge in [0.15, 0.2) is 5.96 Å². The molecule has 0 atom stereocenters. The van der Waals surface area contributed by atoms with Crippen LogP contribution in [0.5, 0.6) is 0 Å². The fourth-order valence-corrected chi connectivity index (χ4v) is 2.89. The molecular weight excluding hydrogens is 505 g/mol. The van der Waals surface area contributed by atoms with E-state index >= 15 is 0 Å². The number of hydrogen-bond donors (Lipinski definition) is 2. The maximum atomic E-state index is 5.60. The number of aromatic nitrogens is 2. The average Bonchev–Trinajstić information content (AvgIpc) is 3.45. The van der Waals surface area contributed by atoms with Crippen LogP contribution in [0.1, 0.15) is 17.0 Å². The number of halogens is 1. The highest BCUT2D eigenvalue weighted by Crippen LogP contribution is 2.19. The molecule has 2 aromatic carbocycles. The number of hydrogen-bond acceptors (Lipinski definition) is 5. The minimum absolute atomic E-state index is 0. The van der Waals surface area contributed by atoms with E-state index < -0.39 is 0 Å². The number of aliphatic imine (C=N–C) groups is 1. The van der Waals surface area contributed by atoms with E-state index in [1.807, 2.05) is 54.6 Å². The van der Waals surface area contributed by atoms with Gasteiger partial charge in [-0.05, 0) is 31.2 Å². The van der Waals surface area contributed by atoms with E-state index in [0.29, 0.717) is 30.8 Å². The average molecular weight is 529 g/mol. The molecule has 160 valence electrons. The Labute approximate surface area is 198 Å². The fourth-order valence-electron chi connectivity index (χ4n) is 2.89. The van der Waals surface area contributed by atoms with Gasteiger partial charge in [0.2, 0.25) is 11.8 Å². The Bertz CT molecular complexity index is 1120. The molecule has 0 spiro atoms. The molecule has 0 saturated heterocycles. The van der Waals surface area contributed by atoms with Crippen LogP contribution in [0.3, 0.4) is 0 Å². The van der Waals surface area contributed by atoms with Crippen molar-refractivity contribution in [1.82, 2.24) is 20.6 Å². The second-order valence-electron chi connectivity index (χ2n) is 6.80. The maximum absolute atomic E-state index is 5.60. The van der Waals surface area contributed by atoms with Crippen LogP contribution in [0.15, 0.2) is 81.0 Å². The lowest BCUT2D eigenvalue weighted by molar-refractivity contribution is 0.571. The molecule has 0 saturated carbocycles. The summed E-state index contributed by atoms with van der Waals surface area (Å²) in [5.41, 5.74) is 4.68. The van der Waals surface area contributed by atoms with Crippen LogP contribution in [0, 0.1) is 6.92 Å². The molecule has 0 aliphatic rings. The molecule has 31 heavy (non-hydrogen) atoms. The van der Waals surface area contributed by atoms with E-state index in [1.165, 1.54) is 5.56 Å². The summed E-state index contributed by atoms with van der Waals surface area (Å²) in [6.45, 7) is 3.03. The summed E-state index contributed by atoms with van der Waals surface area (Å²) in [5, 5.41) is 6.45. The number of guanidine groups is 1. The summed E-state index contributed by atoms with van der Waals surface area (Å²) in [6, 6.07) is 17.9. The van der Waals surface area contributed by atoms with Crippen molar-refractivity contribution in [2.75, 3.05) is 7.05 Å². The van der Waals surface area contributed by atoms with Crippen LogP contribution < -0.4 is 10.6 Å². The molecule has 8 heteroatoms. The molecule has 4 rings (SSSR count). The van der Waals surface area contributed by atoms with E-state index in [-0.39, 0.29) is 24.0 Å². The van der Waals surface area contributed by atoms with E-state index in [2.05, 4.69) is 32.5 Å². The SMILES string of the molecule is CN=C(NCc1coc(-c2ccccc2)n1)NCc1coc(-c2ccc(C)cc2)n1.I. The predicted molar refractivity (Wildman–Crippen MR) is 131 cm³/mol. The van der Waals surface area contributed by atoms with Gasteiger partial charge in [-0.1, -0.05) is 35.9 Å². The molecule has 2 heterocycles. The van der Waals surface area contributed by atoms with E-state index in [0.717, 1.165) is 22.5 Å². The van der Waals surface area contributed by atoms with Gasteiger partial charge in [0.25, 0.3) is 0 Å². The van der Waals surface area contributed by atoms with E-state index in [4.69, 9.17) is 8.83 Å². The monoisotopic (exact) mass is 529 g/mol. The lowest BCUT2D eigenvalue weighted by atomic mass is 10.1. The highest BCUT2D eigenvalue weighted by Gasteiger charge is 2.09. The highest BCUT2D eigenvalue weighted by molar-refractivity contribution is 14.0. The molecular formula is C23H24IN5O2. The van der Waals surface area contributed by atoms with E-state index in [9.17, 15) is 0 Å². The molecule has 0 aliphatic carbocycles.